The van der Waals surface area contributed by atoms with Gasteiger partial charge in [-0.15, -0.1) is 0 Å². The summed E-state index contributed by atoms with van der Waals surface area (Å²) in [7, 11) is 0. The van der Waals surface area contributed by atoms with Crippen LogP contribution in [0.15, 0.2) is 24.2 Å². The second-order valence-electron chi connectivity index (χ2n) is 2.51. The zero-order valence-electron chi connectivity index (χ0n) is 7.86. The minimum Gasteiger partial charge on any atom is -0.392 e. The van der Waals surface area contributed by atoms with Gasteiger partial charge in [0.2, 0.25) is 0 Å². The molecule has 0 radical (unpaired) electrons. The van der Waals surface area contributed by atoms with Gasteiger partial charge in [0, 0.05) is 6.08 Å². The molecule has 0 spiro atoms. The first-order valence-corrected chi connectivity index (χ1v) is 3.89. The third kappa shape index (κ3) is 3.25. The van der Waals surface area contributed by atoms with Crippen molar-refractivity contribution in [3.8, 4) is 0 Å². The van der Waals surface area contributed by atoms with E-state index in [1.165, 1.54) is 11.0 Å². The molecule has 0 aromatic heterocycles. The lowest BCUT2D eigenvalue weighted by atomic mass is 10.4. The van der Waals surface area contributed by atoms with Crippen molar-refractivity contribution >= 4 is 0 Å². The number of nitrogens with zero attached hydrogens (tertiary/aromatic N) is 2. The van der Waals surface area contributed by atoms with E-state index in [0.717, 1.165) is 0 Å². The summed E-state index contributed by atoms with van der Waals surface area (Å²) in [5.74, 6) is -0.0541. The van der Waals surface area contributed by atoms with E-state index in [-0.39, 0.29) is 19.0 Å². The summed E-state index contributed by atoms with van der Waals surface area (Å²) in [5, 5.41) is 19.2. The Balaban J connectivity index is 4.70. The van der Waals surface area contributed by atoms with Crippen LogP contribution in [0.3, 0.4) is 0 Å². The van der Waals surface area contributed by atoms with Crippen LogP contribution in [0.4, 0.5) is 0 Å². The molecule has 0 bridgehead atoms. The molecule has 0 saturated carbocycles. The molecular formula is C8H14N2O3. The summed E-state index contributed by atoms with van der Waals surface area (Å²) >= 11 is 0. The van der Waals surface area contributed by atoms with Gasteiger partial charge >= 0.3 is 5.82 Å². The van der Waals surface area contributed by atoms with Gasteiger partial charge in [-0.3, -0.25) is 0 Å². The van der Waals surface area contributed by atoms with E-state index >= 15 is 0 Å². The zero-order valence-corrected chi connectivity index (χ0v) is 7.86. The Morgan fingerprint density at radius 3 is 2.54 bits per heavy atom. The van der Waals surface area contributed by atoms with Crippen LogP contribution in [0.25, 0.3) is 0 Å². The molecule has 0 fully saturated rings. The molecule has 0 rings (SSSR count). The summed E-state index contributed by atoms with van der Waals surface area (Å²) in [6, 6.07) is 0. The summed E-state index contributed by atoms with van der Waals surface area (Å²) in [6.45, 7) is 6.87. The molecular weight excluding hydrogens is 172 g/mol. The Morgan fingerprint density at radius 1 is 1.77 bits per heavy atom. The Kier molecular flexibility index (Phi) is 4.76. The molecule has 0 amide bonds. The summed E-state index contributed by atoms with van der Waals surface area (Å²) < 4.78 is 0. The normalized spacial score (nSPS) is 11.2. The molecule has 74 valence electrons. The molecule has 5 heteroatoms. The van der Waals surface area contributed by atoms with Gasteiger partial charge in [-0.1, -0.05) is 6.58 Å². The van der Waals surface area contributed by atoms with Gasteiger partial charge in [-0.2, -0.15) is 0 Å². The molecule has 0 heterocycles. The maximum absolute atomic E-state index is 10.5. The molecule has 5 nitrogen and oxygen atoms in total. The van der Waals surface area contributed by atoms with E-state index < -0.39 is 4.92 Å². The second kappa shape index (κ2) is 5.31. The molecule has 1 N–H and O–H groups in total. The molecule has 0 unspecified atom stereocenters. The Hall–Kier alpha value is -1.36. The van der Waals surface area contributed by atoms with Gasteiger partial charge in [-0.05, 0) is 18.8 Å². The molecule has 0 aliphatic rings. The molecule has 13 heavy (non-hydrogen) atoms. The Labute approximate surface area is 77.1 Å². The number of rotatable bonds is 5. The SMILES string of the molecule is C=C(C)N(CCO)/C(=C\C)[N+](=O)[O-]. The highest BCUT2D eigenvalue weighted by Crippen LogP contribution is 2.10. The first-order valence-electron chi connectivity index (χ1n) is 3.89. The monoisotopic (exact) mass is 186 g/mol. The largest absolute Gasteiger partial charge is 0.392 e. The zero-order chi connectivity index (χ0) is 10.4. The number of allylic oxidation sites excluding steroid dienone is 2. The summed E-state index contributed by atoms with van der Waals surface area (Å²) in [4.78, 5) is 11.4. The first-order chi connectivity index (χ1) is 6.04. The van der Waals surface area contributed by atoms with Crippen molar-refractivity contribution in [1.82, 2.24) is 4.90 Å². The highest BCUT2D eigenvalue weighted by Gasteiger charge is 2.19. The Morgan fingerprint density at radius 2 is 2.31 bits per heavy atom. The van der Waals surface area contributed by atoms with Gasteiger partial charge in [-0.25, -0.2) is 4.90 Å². The van der Waals surface area contributed by atoms with Crippen molar-refractivity contribution in [3.05, 3.63) is 34.3 Å². The maximum Gasteiger partial charge on any atom is 0.318 e. The fourth-order valence-corrected chi connectivity index (χ4v) is 0.961. The lowest BCUT2D eigenvalue weighted by Gasteiger charge is -2.16. The smallest absolute Gasteiger partial charge is 0.318 e. The van der Waals surface area contributed by atoms with E-state index in [4.69, 9.17) is 5.11 Å². The van der Waals surface area contributed by atoms with Gasteiger partial charge in [0.15, 0.2) is 0 Å². The average molecular weight is 186 g/mol. The van der Waals surface area contributed by atoms with Crippen LogP contribution in [0, 0.1) is 10.1 Å². The van der Waals surface area contributed by atoms with Crippen LogP contribution >= 0.6 is 0 Å². The lowest BCUT2D eigenvalue weighted by molar-refractivity contribution is -0.444. The third-order valence-corrected chi connectivity index (χ3v) is 1.51. The molecule has 0 aliphatic carbocycles. The highest BCUT2D eigenvalue weighted by molar-refractivity contribution is 5.01. The van der Waals surface area contributed by atoms with E-state index in [2.05, 4.69) is 6.58 Å². The van der Waals surface area contributed by atoms with Crippen molar-refractivity contribution in [1.29, 1.82) is 0 Å². The minimum atomic E-state index is -0.496. The molecule has 0 atom stereocenters. The van der Waals surface area contributed by atoms with Crippen LogP contribution in [0.1, 0.15) is 13.8 Å². The highest BCUT2D eigenvalue weighted by atomic mass is 16.6. The minimum absolute atomic E-state index is 0.0541. The second-order valence-corrected chi connectivity index (χ2v) is 2.51. The quantitative estimate of drug-likeness (QED) is 0.512. The fourth-order valence-electron chi connectivity index (χ4n) is 0.961. The van der Waals surface area contributed by atoms with E-state index in [0.29, 0.717) is 5.70 Å². The number of nitro groups is 1. The number of hydrogen-bond donors (Lipinski definition) is 1. The van der Waals surface area contributed by atoms with Crippen molar-refractivity contribution in [2.45, 2.75) is 13.8 Å². The van der Waals surface area contributed by atoms with Gasteiger partial charge in [0.05, 0.1) is 12.3 Å². The van der Waals surface area contributed by atoms with Gasteiger partial charge in [0.1, 0.15) is 6.54 Å². The number of aliphatic hydroxyl groups excluding tert-OH is 1. The van der Waals surface area contributed by atoms with Crippen LogP contribution in [0.2, 0.25) is 0 Å². The molecule has 0 aliphatic heterocycles. The first kappa shape index (κ1) is 11.6. The predicted molar refractivity (Wildman–Crippen MR) is 49.4 cm³/mol. The van der Waals surface area contributed by atoms with Crippen LogP contribution in [-0.4, -0.2) is 28.1 Å². The van der Waals surface area contributed by atoms with Crippen LogP contribution in [-0.2, 0) is 0 Å². The Bertz CT molecular complexity index is 236. The molecule has 0 aromatic carbocycles. The summed E-state index contributed by atoms with van der Waals surface area (Å²) in [6.07, 6.45) is 1.38. The number of aliphatic hydroxyl groups is 1. The van der Waals surface area contributed by atoms with E-state index in [1.54, 1.807) is 13.8 Å². The van der Waals surface area contributed by atoms with Crippen molar-refractivity contribution < 1.29 is 10.0 Å². The topological polar surface area (TPSA) is 66.6 Å². The third-order valence-electron chi connectivity index (χ3n) is 1.51. The predicted octanol–water partition coefficient (Wildman–Crippen LogP) is 0.952. The molecule has 0 aromatic rings. The lowest BCUT2D eigenvalue weighted by Crippen LogP contribution is -2.28. The maximum atomic E-state index is 10.5. The van der Waals surface area contributed by atoms with Gasteiger partial charge < -0.3 is 15.2 Å². The van der Waals surface area contributed by atoms with Crippen molar-refractivity contribution in [3.63, 3.8) is 0 Å². The van der Waals surface area contributed by atoms with Gasteiger partial charge in [0.25, 0.3) is 0 Å². The van der Waals surface area contributed by atoms with Crippen molar-refractivity contribution in [2.75, 3.05) is 13.2 Å². The van der Waals surface area contributed by atoms with E-state index in [1.807, 2.05) is 0 Å². The summed E-state index contributed by atoms with van der Waals surface area (Å²) in [5.41, 5.74) is 0.541. The molecule has 0 saturated heterocycles. The van der Waals surface area contributed by atoms with Crippen molar-refractivity contribution in [2.24, 2.45) is 0 Å². The fraction of sp³-hybridized carbons (Fsp3) is 0.500. The standard InChI is InChI=1S/C8H14N2O3/c1-4-8(10(12)13)9(5-6-11)7(2)3/h4,11H,2,5-6H2,1,3H3/b8-4+. The van der Waals surface area contributed by atoms with Crippen LogP contribution in [0.5, 0.6) is 0 Å². The van der Waals surface area contributed by atoms with E-state index in [9.17, 15) is 10.1 Å². The van der Waals surface area contributed by atoms with Crippen LogP contribution < -0.4 is 0 Å². The average Bonchev–Trinajstić information content (AvgIpc) is 2.03. The number of hydrogen-bond acceptors (Lipinski definition) is 4.